The highest BCUT2D eigenvalue weighted by molar-refractivity contribution is 6.09. The third-order valence-electron chi connectivity index (χ3n) is 6.37. The van der Waals surface area contributed by atoms with E-state index in [9.17, 15) is 19.2 Å². The summed E-state index contributed by atoms with van der Waals surface area (Å²) in [5.74, 6) is -0.902. The first-order valence-electron chi connectivity index (χ1n) is 10.3. The Balaban J connectivity index is 0.00000300. The van der Waals surface area contributed by atoms with E-state index < -0.39 is 11.6 Å². The van der Waals surface area contributed by atoms with Crippen molar-refractivity contribution in [3.05, 3.63) is 0 Å². The van der Waals surface area contributed by atoms with Gasteiger partial charge in [-0.25, -0.2) is 4.79 Å². The maximum Gasteiger partial charge on any atom is 0.327 e. The van der Waals surface area contributed by atoms with Gasteiger partial charge in [0.1, 0.15) is 12.1 Å². The number of imide groups is 1. The molecule has 5 amide bonds. The number of nitrogens with one attached hydrogen (secondary N) is 1. The number of likely N-dealkylation sites (N-methyl/N-ethyl adjacent to an activating group) is 1. The highest BCUT2D eigenvalue weighted by Gasteiger charge is 2.56. The first-order chi connectivity index (χ1) is 13.4. The number of piperidine rings is 1. The second-order valence-electron chi connectivity index (χ2n) is 8.08. The number of hydrogen-bond acceptors (Lipinski definition) is 5. The molecule has 0 aromatic rings. The third-order valence-corrected chi connectivity index (χ3v) is 6.37. The number of nitrogens with zero attached hydrogens (tertiary/aromatic N) is 3. The first kappa shape index (κ1) is 23.4. The van der Waals surface area contributed by atoms with E-state index in [0.717, 1.165) is 30.6 Å². The van der Waals surface area contributed by atoms with E-state index in [1.807, 2.05) is 0 Å². The van der Waals surface area contributed by atoms with Crippen molar-refractivity contribution in [1.82, 2.24) is 20.0 Å². The Bertz CT molecular complexity index is 653. The molecule has 3 N–H and O–H groups in total. The van der Waals surface area contributed by atoms with Crippen LogP contribution in [-0.4, -0.2) is 83.8 Å². The van der Waals surface area contributed by atoms with Gasteiger partial charge in [0.15, 0.2) is 0 Å². The van der Waals surface area contributed by atoms with Gasteiger partial charge >= 0.3 is 6.03 Å². The fourth-order valence-electron chi connectivity index (χ4n) is 4.66. The van der Waals surface area contributed by atoms with Crippen molar-refractivity contribution in [3.8, 4) is 0 Å². The van der Waals surface area contributed by atoms with Crippen LogP contribution in [0.15, 0.2) is 0 Å². The Kier molecular flexibility index (Phi) is 7.87. The van der Waals surface area contributed by atoms with Crippen molar-refractivity contribution in [3.63, 3.8) is 0 Å². The summed E-state index contributed by atoms with van der Waals surface area (Å²) in [6.07, 6.45) is 5.65. The molecular weight excluding hydrogens is 398 g/mol. The minimum Gasteiger partial charge on any atom is -0.355 e. The fraction of sp³-hybridized carbons (Fsp3) is 0.789. The molecule has 29 heavy (non-hydrogen) atoms. The minimum atomic E-state index is -0.776. The first-order valence-corrected chi connectivity index (χ1v) is 10.3. The second-order valence-corrected chi connectivity index (χ2v) is 8.08. The van der Waals surface area contributed by atoms with E-state index in [4.69, 9.17) is 5.73 Å². The van der Waals surface area contributed by atoms with Crippen LogP contribution in [0.25, 0.3) is 0 Å². The smallest absolute Gasteiger partial charge is 0.327 e. The number of urea groups is 1. The predicted octanol–water partition coefficient (Wildman–Crippen LogP) is 0.319. The Morgan fingerprint density at radius 2 is 1.86 bits per heavy atom. The summed E-state index contributed by atoms with van der Waals surface area (Å²) in [6.45, 7) is 1.38. The summed E-state index contributed by atoms with van der Waals surface area (Å²) in [7, 11) is 1.66. The summed E-state index contributed by atoms with van der Waals surface area (Å²) in [4.78, 5) is 54.9. The summed E-state index contributed by atoms with van der Waals surface area (Å²) in [5.41, 5.74) is 4.64. The van der Waals surface area contributed by atoms with Gasteiger partial charge in [-0.2, -0.15) is 0 Å². The van der Waals surface area contributed by atoms with E-state index in [-0.39, 0.29) is 42.6 Å². The van der Waals surface area contributed by atoms with Crippen molar-refractivity contribution in [2.75, 3.05) is 39.8 Å². The van der Waals surface area contributed by atoms with Crippen LogP contribution in [0.1, 0.15) is 44.9 Å². The molecule has 1 spiro atoms. The Morgan fingerprint density at radius 1 is 1.17 bits per heavy atom. The zero-order chi connectivity index (χ0) is 20.3. The van der Waals surface area contributed by atoms with Crippen molar-refractivity contribution in [2.24, 2.45) is 11.7 Å². The second kappa shape index (κ2) is 9.75. The maximum atomic E-state index is 13.0. The normalized spacial score (nSPS) is 23.9. The number of halogens is 1. The lowest BCUT2D eigenvalue weighted by Crippen LogP contribution is -2.51. The molecule has 2 aliphatic heterocycles. The fourth-order valence-corrected chi connectivity index (χ4v) is 4.66. The van der Waals surface area contributed by atoms with Gasteiger partial charge in [-0.1, -0.05) is 19.3 Å². The monoisotopic (exact) mass is 429 g/mol. The standard InChI is InChI=1S/C19H31N5O4.ClH/c1-22-18(28)24(17(27)19(22)7-3-2-4-8-19)13-15(25)23-11-5-6-14(12-23)16(26)21-10-9-20;/h14H,2-13,20H2,1H3,(H,21,26);1H. The number of likely N-dealkylation sites (tertiary alicyclic amines) is 1. The third kappa shape index (κ3) is 4.50. The quantitative estimate of drug-likeness (QED) is 0.610. The summed E-state index contributed by atoms with van der Waals surface area (Å²) >= 11 is 0. The molecule has 2 saturated heterocycles. The molecule has 0 radical (unpaired) electrons. The topological polar surface area (TPSA) is 116 Å². The molecule has 3 aliphatic rings. The van der Waals surface area contributed by atoms with Crippen molar-refractivity contribution >= 4 is 36.2 Å². The lowest BCUT2D eigenvalue weighted by molar-refractivity contribution is -0.142. The largest absolute Gasteiger partial charge is 0.355 e. The average molecular weight is 430 g/mol. The Labute approximate surface area is 177 Å². The van der Waals surface area contributed by atoms with Crippen LogP contribution in [0.4, 0.5) is 4.79 Å². The van der Waals surface area contributed by atoms with Crippen molar-refractivity contribution in [1.29, 1.82) is 0 Å². The van der Waals surface area contributed by atoms with Gasteiger partial charge < -0.3 is 20.9 Å². The van der Waals surface area contributed by atoms with Gasteiger partial charge in [0.05, 0.1) is 5.92 Å². The molecule has 2 heterocycles. The lowest BCUT2D eigenvalue weighted by Gasteiger charge is -2.36. The molecule has 1 aliphatic carbocycles. The van der Waals surface area contributed by atoms with Crippen LogP contribution in [0.5, 0.6) is 0 Å². The van der Waals surface area contributed by atoms with Crippen molar-refractivity contribution in [2.45, 2.75) is 50.5 Å². The number of carbonyl (C=O) groups is 4. The predicted molar refractivity (Wildman–Crippen MR) is 109 cm³/mol. The molecule has 1 atom stereocenters. The molecule has 3 rings (SSSR count). The zero-order valence-corrected chi connectivity index (χ0v) is 17.8. The lowest BCUT2D eigenvalue weighted by atomic mass is 9.81. The van der Waals surface area contributed by atoms with E-state index in [1.54, 1.807) is 11.9 Å². The molecule has 1 unspecified atom stereocenters. The average Bonchev–Trinajstić information content (AvgIpc) is 2.89. The van der Waals surface area contributed by atoms with Crippen LogP contribution in [0.3, 0.4) is 0 Å². The maximum absolute atomic E-state index is 13.0. The van der Waals surface area contributed by atoms with Gasteiger partial charge in [-0.3, -0.25) is 19.3 Å². The molecule has 10 heteroatoms. The van der Waals surface area contributed by atoms with Crippen LogP contribution in [0.2, 0.25) is 0 Å². The van der Waals surface area contributed by atoms with Gasteiger partial charge in [0.2, 0.25) is 11.8 Å². The number of nitrogens with two attached hydrogens (primary N) is 1. The Hall–Kier alpha value is -1.87. The minimum absolute atomic E-state index is 0. The van der Waals surface area contributed by atoms with E-state index in [0.29, 0.717) is 45.4 Å². The summed E-state index contributed by atoms with van der Waals surface area (Å²) in [6, 6.07) is -0.394. The molecule has 9 nitrogen and oxygen atoms in total. The number of rotatable bonds is 5. The van der Waals surface area contributed by atoms with E-state index in [1.165, 1.54) is 4.90 Å². The molecule has 164 valence electrons. The number of hydrogen-bond donors (Lipinski definition) is 2. The van der Waals surface area contributed by atoms with Gasteiger partial charge in [-0.15, -0.1) is 12.4 Å². The molecule has 0 aromatic carbocycles. The molecule has 3 fully saturated rings. The van der Waals surface area contributed by atoms with Gasteiger partial charge in [-0.05, 0) is 25.7 Å². The van der Waals surface area contributed by atoms with Gasteiger partial charge in [0.25, 0.3) is 5.91 Å². The van der Waals surface area contributed by atoms with Crippen LogP contribution < -0.4 is 11.1 Å². The van der Waals surface area contributed by atoms with Crippen LogP contribution in [-0.2, 0) is 14.4 Å². The SMILES string of the molecule is CN1C(=O)N(CC(=O)N2CCCC(C(=O)NCCN)C2)C(=O)C12CCCCC2.Cl. The summed E-state index contributed by atoms with van der Waals surface area (Å²) in [5, 5.41) is 2.77. The summed E-state index contributed by atoms with van der Waals surface area (Å²) < 4.78 is 0. The molecule has 0 aromatic heterocycles. The molecule has 0 bridgehead atoms. The molecular formula is C19H32ClN5O4. The Morgan fingerprint density at radius 3 is 2.52 bits per heavy atom. The highest BCUT2D eigenvalue weighted by atomic mass is 35.5. The number of amides is 5. The van der Waals surface area contributed by atoms with Crippen LogP contribution >= 0.6 is 12.4 Å². The number of carbonyl (C=O) groups excluding carboxylic acids is 4. The molecule has 1 saturated carbocycles. The van der Waals surface area contributed by atoms with E-state index in [2.05, 4.69) is 5.32 Å². The van der Waals surface area contributed by atoms with Gasteiger partial charge in [0, 0.05) is 33.2 Å². The van der Waals surface area contributed by atoms with Crippen molar-refractivity contribution < 1.29 is 19.2 Å². The van der Waals surface area contributed by atoms with E-state index >= 15 is 0 Å². The zero-order valence-electron chi connectivity index (χ0n) is 17.0. The van der Waals surface area contributed by atoms with Crippen LogP contribution in [0, 0.1) is 5.92 Å². The highest BCUT2D eigenvalue weighted by Crippen LogP contribution is 2.39.